The zero-order valence-electron chi connectivity index (χ0n) is 12.1. The molecule has 0 saturated heterocycles. The van der Waals surface area contributed by atoms with Crippen LogP contribution in [0.5, 0.6) is 0 Å². The standard InChI is InChI=1S/C17H22N2/c1-13-8-10-14(11-9-13)17(19(3)4)15-6-5-7-16(12-15)18-2/h5-12,17-18H,1-4H3. The summed E-state index contributed by atoms with van der Waals surface area (Å²) in [5.41, 5.74) is 5.08. The van der Waals surface area contributed by atoms with Gasteiger partial charge in [-0.05, 0) is 44.3 Å². The molecule has 0 heterocycles. The van der Waals surface area contributed by atoms with Crippen molar-refractivity contribution in [3.05, 3.63) is 65.2 Å². The van der Waals surface area contributed by atoms with Crippen molar-refractivity contribution in [2.45, 2.75) is 13.0 Å². The maximum atomic E-state index is 3.20. The lowest BCUT2D eigenvalue weighted by Gasteiger charge is -2.26. The first-order chi connectivity index (χ1) is 9.11. The SMILES string of the molecule is CNc1cccc(C(c2ccc(C)cc2)N(C)C)c1. The lowest BCUT2D eigenvalue weighted by Crippen LogP contribution is -2.21. The van der Waals surface area contributed by atoms with E-state index in [-0.39, 0.29) is 6.04 Å². The van der Waals surface area contributed by atoms with E-state index in [1.54, 1.807) is 0 Å². The zero-order valence-corrected chi connectivity index (χ0v) is 12.1. The van der Waals surface area contributed by atoms with Crippen LogP contribution >= 0.6 is 0 Å². The normalized spacial score (nSPS) is 12.5. The molecule has 100 valence electrons. The Kier molecular flexibility index (Phi) is 4.23. The molecular weight excluding hydrogens is 232 g/mol. The smallest absolute Gasteiger partial charge is 0.0597 e. The van der Waals surface area contributed by atoms with Crippen LogP contribution in [0, 0.1) is 6.92 Å². The van der Waals surface area contributed by atoms with Gasteiger partial charge >= 0.3 is 0 Å². The highest BCUT2D eigenvalue weighted by atomic mass is 15.1. The van der Waals surface area contributed by atoms with Gasteiger partial charge in [0.1, 0.15) is 0 Å². The molecule has 0 aliphatic rings. The molecule has 1 N–H and O–H groups in total. The minimum absolute atomic E-state index is 0.286. The molecule has 0 bridgehead atoms. The van der Waals surface area contributed by atoms with Crippen molar-refractivity contribution in [3.63, 3.8) is 0 Å². The minimum Gasteiger partial charge on any atom is -0.388 e. The Hall–Kier alpha value is -1.80. The highest BCUT2D eigenvalue weighted by Crippen LogP contribution is 2.28. The third-order valence-electron chi connectivity index (χ3n) is 3.40. The van der Waals surface area contributed by atoms with Gasteiger partial charge in [-0.2, -0.15) is 0 Å². The Morgan fingerprint density at radius 1 is 0.947 bits per heavy atom. The summed E-state index contributed by atoms with van der Waals surface area (Å²) in [4.78, 5) is 2.25. The van der Waals surface area contributed by atoms with Crippen LogP contribution < -0.4 is 5.32 Å². The van der Waals surface area contributed by atoms with Crippen LogP contribution in [0.15, 0.2) is 48.5 Å². The van der Waals surface area contributed by atoms with Gasteiger partial charge in [-0.1, -0.05) is 42.0 Å². The van der Waals surface area contributed by atoms with Crippen LogP contribution in [0.2, 0.25) is 0 Å². The predicted octanol–water partition coefficient (Wildman–Crippen LogP) is 3.69. The third kappa shape index (κ3) is 3.15. The molecule has 2 aromatic carbocycles. The molecule has 0 aliphatic heterocycles. The molecule has 1 unspecified atom stereocenters. The number of nitrogens with one attached hydrogen (secondary N) is 1. The van der Waals surface area contributed by atoms with Gasteiger partial charge in [0, 0.05) is 12.7 Å². The second-order valence-corrected chi connectivity index (χ2v) is 5.15. The van der Waals surface area contributed by atoms with E-state index in [0.29, 0.717) is 0 Å². The van der Waals surface area contributed by atoms with E-state index < -0.39 is 0 Å². The topological polar surface area (TPSA) is 15.3 Å². The largest absolute Gasteiger partial charge is 0.388 e. The molecule has 2 heteroatoms. The van der Waals surface area contributed by atoms with Crippen LogP contribution in [-0.4, -0.2) is 26.0 Å². The average Bonchev–Trinajstić information content (AvgIpc) is 2.41. The molecule has 1 atom stereocenters. The van der Waals surface area contributed by atoms with Crippen LogP contribution in [0.3, 0.4) is 0 Å². The van der Waals surface area contributed by atoms with Crippen molar-refractivity contribution in [2.24, 2.45) is 0 Å². The van der Waals surface area contributed by atoms with Crippen molar-refractivity contribution in [1.82, 2.24) is 4.90 Å². The summed E-state index contributed by atoms with van der Waals surface area (Å²) in [5, 5.41) is 3.20. The van der Waals surface area contributed by atoms with Gasteiger partial charge in [0.15, 0.2) is 0 Å². The van der Waals surface area contributed by atoms with Crippen molar-refractivity contribution < 1.29 is 0 Å². The number of hydrogen-bond acceptors (Lipinski definition) is 2. The van der Waals surface area contributed by atoms with E-state index in [4.69, 9.17) is 0 Å². The molecule has 0 amide bonds. The summed E-state index contributed by atoms with van der Waals surface area (Å²) in [7, 11) is 6.20. The summed E-state index contributed by atoms with van der Waals surface area (Å²) in [6, 6.07) is 17.7. The van der Waals surface area contributed by atoms with Crippen molar-refractivity contribution in [3.8, 4) is 0 Å². The van der Waals surface area contributed by atoms with Gasteiger partial charge in [0.05, 0.1) is 6.04 Å². The van der Waals surface area contributed by atoms with Crippen molar-refractivity contribution >= 4 is 5.69 Å². The number of rotatable bonds is 4. The summed E-state index contributed by atoms with van der Waals surface area (Å²) in [6.07, 6.45) is 0. The van der Waals surface area contributed by atoms with E-state index in [1.807, 2.05) is 7.05 Å². The maximum absolute atomic E-state index is 3.20. The van der Waals surface area contributed by atoms with E-state index in [2.05, 4.69) is 79.8 Å². The minimum atomic E-state index is 0.286. The molecule has 0 fully saturated rings. The van der Waals surface area contributed by atoms with Gasteiger partial charge in [-0.15, -0.1) is 0 Å². The highest BCUT2D eigenvalue weighted by molar-refractivity contribution is 5.47. The fraction of sp³-hybridized carbons (Fsp3) is 0.294. The fourth-order valence-corrected chi connectivity index (χ4v) is 2.40. The third-order valence-corrected chi connectivity index (χ3v) is 3.40. The predicted molar refractivity (Wildman–Crippen MR) is 82.7 cm³/mol. The van der Waals surface area contributed by atoms with Crippen LogP contribution in [0.25, 0.3) is 0 Å². The first-order valence-electron chi connectivity index (χ1n) is 6.62. The number of aryl methyl sites for hydroxylation is 1. The Morgan fingerprint density at radius 2 is 1.63 bits per heavy atom. The van der Waals surface area contributed by atoms with Crippen molar-refractivity contribution in [1.29, 1.82) is 0 Å². The molecule has 0 saturated carbocycles. The van der Waals surface area contributed by atoms with Crippen LogP contribution in [-0.2, 0) is 0 Å². The molecule has 0 aromatic heterocycles. The lowest BCUT2D eigenvalue weighted by atomic mass is 9.96. The van der Waals surface area contributed by atoms with Crippen LogP contribution in [0.1, 0.15) is 22.7 Å². The highest BCUT2D eigenvalue weighted by Gasteiger charge is 2.16. The molecule has 2 nitrogen and oxygen atoms in total. The first kappa shape index (κ1) is 13.6. The number of benzene rings is 2. The molecule has 2 rings (SSSR count). The molecule has 2 aromatic rings. The van der Waals surface area contributed by atoms with E-state index in [9.17, 15) is 0 Å². The van der Waals surface area contributed by atoms with E-state index in [0.717, 1.165) is 5.69 Å². The number of hydrogen-bond donors (Lipinski definition) is 1. The molecule has 19 heavy (non-hydrogen) atoms. The van der Waals surface area contributed by atoms with E-state index in [1.165, 1.54) is 16.7 Å². The van der Waals surface area contributed by atoms with Gasteiger partial charge in [0.2, 0.25) is 0 Å². The molecule has 0 radical (unpaired) electrons. The molecule has 0 aliphatic carbocycles. The Labute approximate surface area is 116 Å². The quantitative estimate of drug-likeness (QED) is 0.895. The second-order valence-electron chi connectivity index (χ2n) is 5.15. The van der Waals surface area contributed by atoms with E-state index >= 15 is 0 Å². The summed E-state index contributed by atoms with van der Waals surface area (Å²) in [6.45, 7) is 2.12. The van der Waals surface area contributed by atoms with Gasteiger partial charge in [-0.3, -0.25) is 4.90 Å². The number of anilines is 1. The average molecular weight is 254 g/mol. The second kappa shape index (κ2) is 5.89. The summed E-state index contributed by atoms with van der Waals surface area (Å²) < 4.78 is 0. The monoisotopic (exact) mass is 254 g/mol. The Balaban J connectivity index is 2.42. The van der Waals surface area contributed by atoms with Crippen molar-refractivity contribution in [2.75, 3.05) is 26.5 Å². The maximum Gasteiger partial charge on any atom is 0.0597 e. The fourth-order valence-electron chi connectivity index (χ4n) is 2.40. The lowest BCUT2D eigenvalue weighted by molar-refractivity contribution is 0.342. The summed E-state index contributed by atoms with van der Waals surface area (Å²) >= 11 is 0. The Bertz CT molecular complexity index is 529. The number of nitrogens with zero attached hydrogens (tertiary/aromatic N) is 1. The zero-order chi connectivity index (χ0) is 13.8. The first-order valence-corrected chi connectivity index (χ1v) is 6.62. The van der Waals surface area contributed by atoms with Crippen LogP contribution in [0.4, 0.5) is 5.69 Å². The van der Waals surface area contributed by atoms with Gasteiger partial charge in [0.25, 0.3) is 0 Å². The summed E-state index contributed by atoms with van der Waals surface area (Å²) in [5.74, 6) is 0. The van der Waals surface area contributed by atoms with Gasteiger partial charge < -0.3 is 5.32 Å². The Morgan fingerprint density at radius 3 is 2.21 bits per heavy atom. The van der Waals surface area contributed by atoms with Gasteiger partial charge in [-0.25, -0.2) is 0 Å². The molecular formula is C17H22N2. The molecule has 0 spiro atoms.